The zero-order valence-electron chi connectivity index (χ0n) is 32.9. The van der Waals surface area contributed by atoms with Crippen molar-refractivity contribution < 1.29 is 4.57 Å². The van der Waals surface area contributed by atoms with E-state index >= 15 is 4.57 Å². The Kier molecular flexibility index (Phi) is 7.32. The van der Waals surface area contributed by atoms with E-state index in [9.17, 15) is 0 Å². The summed E-state index contributed by atoms with van der Waals surface area (Å²) in [5.74, 6) is 0. The van der Waals surface area contributed by atoms with Gasteiger partial charge in [0.2, 0.25) is 0 Å². The molecule has 0 N–H and O–H groups in total. The van der Waals surface area contributed by atoms with Crippen molar-refractivity contribution in [3.63, 3.8) is 0 Å². The second-order valence-electron chi connectivity index (χ2n) is 16.7. The van der Waals surface area contributed by atoms with Gasteiger partial charge in [0.05, 0.1) is 0 Å². The minimum Gasteiger partial charge on any atom is -0.309 e. The zero-order valence-corrected chi connectivity index (χ0v) is 33.8. The molecule has 0 radical (unpaired) electrons. The Hall–Kier alpha value is -6.79. The van der Waals surface area contributed by atoms with Crippen LogP contribution in [0.4, 0.5) is 0 Å². The first-order chi connectivity index (χ1) is 28.9. The molecule has 0 saturated carbocycles. The van der Waals surface area contributed by atoms with Crippen LogP contribution in [0.1, 0.15) is 25.0 Å². The maximum Gasteiger partial charge on any atom is 0.172 e. The van der Waals surface area contributed by atoms with Gasteiger partial charge in [-0.15, -0.1) is 0 Å². The van der Waals surface area contributed by atoms with E-state index in [-0.39, 0.29) is 5.41 Å². The van der Waals surface area contributed by atoms with E-state index in [2.05, 4.69) is 178 Å². The van der Waals surface area contributed by atoms with Crippen LogP contribution in [-0.2, 0) is 9.98 Å². The minimum absolute atomic E-state index is 0.0893. The summed E-state index contributed by atoms with van der Waals surface area (Å²) in [6.07, 6.45) is 0. The summed E-state index contributed by atoms with van der Waals surface area (Å²) in [5.41, 5.74) is 14.8. The summed E-state index contributed by atoms with van der Waals surface area (Å²) in [6.45, 7) is 4.73. The molecular formula is C57H39OP. The molecule has 2 aliphatic rings. The average molecular weight is 771 g/mol. The lowest BCUT2D eigenvalue weighted by Crippen LogP contribution is -2.20. The van der Waals surface area contributed by atoms with Crippen LogP contribution in [0.2, 0.25) is 0 Å². The van der Waals surface area contributed by atoms with Crippen LogP contribution in [0.5, 0.6) is 0 Å². The number of hydrogen-bond donors (Lipinski definition) is 0. The van der Waals surface area contributed by atoms with E-state index in [1.165, 1.54) is 82.4 Å². The van der Waals surface area contributed by atoms with Crippen LogP contribution in [0.3, 0.4) is 0 Å². The molecule has 1 aliphatic carbocycles. The predicted octanol–water partition coefficient (Wildman–Crippen LogP) is 14.1. The highest BCUT2D eigenvalue weighted by Crippen LogP contribution is 2.55. The maximum atomic E-state index is 15.2. The van der Waals surface area contributed by atoms with E-state index in [1.54, 1.807) is 0 Å². The first-order valence-corrected chi connectivity index (χ1v) is 22.2. The lowest BCUT2D eigenvalue weighted by Gasteiger charge is -2.23. The molecule has 1 atom stereocenters. The summed E-state index contributed by atoms with van der Waals surface area (Å²) in [5, 5.41) is 10.2. The Balaban J connectivity index is 1.03. The van der Waals surface area contributed by atoms with Gasteiger partial charge in [-0.2, -0.15) is 0 Å². The molecule has 0 spiro atoms. The molecule has 59 heavy (non-hydrogen) atoms. The van der Waals surface area contributed by atoms with E-state index in [4.69, 9.17) is 0 Å². The largest absolute Gasteiger partial charge is 0.309 e. The lowest BCUT2D eigenvalue weighted by atomic mass is 9.80. The van der Waals surface area contributed by atoms with Crippen LogP contribution in [-0.4, -0.2) is 0 Å². The predicted molar refractivity (Wildman–Crippen MR) is 251 cm³/mol. The van der Waals surface area contributed by atoms with Gasteiger partial charge in [0.25, 0.3) is 0 Å². The van der Waals surface area contributed by atoms with Gasteiger partial charge in [-0.25, -0.2) is 0 Å². The minimum atomic E-state index is -3.02. The Morgan fingerprint density at radius 3 is 1.47 bits per heavy atom. The molecule has 1 nitrogen and oxygen atoms in total. The molecule has 0 fully saturated rings. The third-order valence-electron chi connectivity index (χ3n) is 13.3. The monoisotopic (exact) mass is 770 g/mol. The van der Waals surface area contributed by atoms with Gasteiger partial charge in [-0.3, -0.25) is 0 Å². The number of benzene rings is 10. The third kappa shape index (κ3) is 4.77. The molecule has 278 valence electrons. The third-order valence-corrected chi connectivity index (χ3v) is 16.4. The summed E-state index contributed by atoms with van der Waals surface area (Å²) >= 11 is 0. The van der Waals surface area contributed by atoms with Crippen molar-refractivity contribution in [1.82, 2.24) is 0 Å². The van der Waals surface area contributed by atoms with Crippen LogP contribution in [0.15, 0.2) is 200 Å². The van der Waals surface area contributed by atoms with Crippen molar-refractivity contribution in [2.45, 2.75) is 19.3 Å². The second kappa shape index (κ2) is 12.6. The van der Waals surface area contributed by atoms with Crippen molar-refractivity contribution in [1.29, 1.82) is 0 Å². The standard InChI is InChI=1S/C57H39OP/c1-57(2)50-26-14-12-25-47(50)56-42-20-7-6-18-40(42)48(35-51(56)57)36-28-30-37(31-29-36)54-43-21-8-10-23-45(43)55(46-24-11-9-22-44(46)54)38-32-33-53-49(34-38)41-19-13-15-27-52(41)59(53,58)39-16-4-3-5-17-39/h3-35H,1-2H3. The fourth-order valence-corrected chi connectivity index (χ4v) is 13.6. The number of hydrogen-bond acceptors (Lipinski definition) is 1. The summed E-state index contributed by atoms with van der Waals surface area (Å²) in [7, 11) is -3.02. The highest BCUT2D eigenvalue weighted by Gasteiger charge is 2.40. The van der Waals surface area contributed by atoms with E-state index in [1.807, 2.05) is 36.4 Å². The SMILES string of the molecule is CC1(C)c2ccccc2-c2c1cc(-c1ccc(-c3c4ccccc4c(-c4ccc5c(c4)-c4ccccc4P5(=O)c4ccccc4)c4ccccc34)cc1)c1ccccc21. The molecule has 0 bridgehead atoms. The van der Waals surface area contributed by atoms with Crippen LogP contribution < -0.4 is 15.9 Å². The highest BCUT2D eigenvalue weighted by atomic mass is 31.2. The average Bonchev–Trinajstić information content (AvgIpc) is 3.69. The summed E-state index contributed by atoms with van der Waals surface area (Å²) in [6, 6.07) is 72.2. The van der Waals surface area contributed by atoms with Gasteiger partial charge in [0.15, 0.2) is 7.14 Å². The quantitative estimate of drug-likeness (QED) is 0.129. The normalized spacial score (nSPS) is 15.9. The molecular weight excluding hydrogens is 732 g/mol. The molecule has 1 heterocycles. The molecule has 1 aliphatic heterocycles. The van der Waals surface area contributed by atoms with Crippen LogP contribution in [0, 0.1) is 0 Å². The molecule has 0 saturated heterocycles. The Labute approximate surface area is 344 Å². The number of fused-ring (bicyclic) bond motifs is 10. The molecule has 0 amide bonds. The van der Waals surface area contributed by atoms with Gasteiger partial charge in [0, 0.05) is 21.3 Å². The Bertz CT molecular complexity index is 3370. The summed E-state index contributed by atoms with van der Waals surface area (Å²) in [4.78, 5) is 0. The van der Waals surface area contributed by atoms with Crippen molar-refractivity contribution in [3.8, 4) is 55.6 Å². The Morgan fingerprint density at radius 1 is 0.339 bits per heavy atom. The first-order valence-electron chi connectivity index (χ1n) is 20.5. The van der Waals surface area contributed by atoms with Gasteiger partial charge in [-0.05, 0) is 117 Å². The number of rotatable bonds is 4. The molecule has 0 aromatic heterocycles. The highest BCUT2D eigenvalue weighted by molar-refractivity contribution is 7.86. The van der Waals surface area contributed by atoms with Crippen molar-refractivity contribution in [2.75, 3.05) is 0 Å². The van der Waals surface area contributed by atoms with Crippen LogP contribution in [0.25, 0.3) is 88.0 Å². The molecule has 10 aromatic rings. The van der Waals surface area contributed by atoms with E-state index in [0.717, 1.165) is 32.6 Å². The second-order valence-corrected chi connectivity index (χ2v) is 19.4. The smallest absolute Gasteiger partial charge is 0.172 e. The van der Waals surface area contributed by atoms with Crippen LogP contribution >= 0.6 is 7.14 Å². The summed E-state index contributed by atoms with van der Waals surface area (Å²) < 4.78 is 15.2. The molecule has 1 unspecified atom stereocenters. The van der Waals surface area contributed by atoms with Crippen molar-refractivity contribution in [3.05, 3.63) is 211 Å². The Morgan fingerprint density at radius 2 is 0.814 bits per heavy atom. The molecule has 10 aromatic carbocycles. The first kappa shape index (κ1) is 34.3. The molecule has 2 heteroatoms. The van der Waals surface area contributed by atoms with Crippen molar-refractivity contribution in [2.24, 2.45) is 0 Å². The van der Waals surface area contributed by atoms with Crippen molar-refractivity contribution >= 4 is 55.4 Å². The maximum absolute atomic E-state index is 15.2. The van der Waals surface area contributed by atoms with E-state index < -0.39 is 7.14 Å². The van der Waals surface area contributed by atoms with Gasteiger partial charge in [0.1, 0.15) is 0 Å². The zero-order chi connectivity index (χ0) is 39.5. The fourth-order valence-electron chi connectivity index (χ4n) is 10.6. The fraction of sp³-hybridized carbons (Fsp3) is 0.0526. The van der Waals surface area contributed by atoms with Gasteiger partial charge >= 0.3 is 0 Å². The topological polar surface area (TPSA) is 17.1 Å². The van der Waals surface area contributed by atoms with Gasteiger partial charge < -0.3 is 4.57 Å². The molecule has 12 rings (SSSR count). The van der Waals surface area contributed by atoms with E-state index in [0.29, 0.717) is 0 Å². The van der Waals surface area contributed by atoms with Gasteiger partial charge in [-0.1, -0.05) is 196 Å². The lowest BCUT2D eigenvalue weighted by molar-refractivity contribution is 0.593.